The number of aromatic nitrogens is 1. The molecular formula is C19H15BrN2O4. The highest BCUT2D eigenvalue weighted by molar-refractivity contribution is 9.10. The van der Waals surface area contributed by atoms with Crippen molar-refractivity contribution in [2.24, 2.45) is 0 Å². The van der Waals surface area contributed by atoms with Crippen molar-refractivity contribution in [3.8, 4) is 11.5 Å². The molecule has 7 heteroatoms. The summed E-state index contributed by atoms with van der Waals surface area (Å²) in [6.07, 6.45) is 1.58. The van der Waals surface area contributed by atoms with Gasteiger partial charge in [0.2, 0.25) is 12.2 Å². The van der Waals surface area contributed by atoms with Crippen LogP contribution < -0.4 is 20.2 Å². The second-order valence-corrected chi connectivity index (χ2v) is 6.76. The van der Waals surface area contributed by atoms with Crippen molar-refractivity contribution in [1.82, 2.24) is 4.57 Å². The fourth-order valence-corrected chi connectivity index (χ4v) is 3.37. The summed E-state index contributed by atoms with van der Waals surface area (Å²) in [5.41, 5.74) is 1.06. The van der Waals surface area contributed by atoms with Crippen LogP contribution in [0.4, 0.5) is 5.69 Å². The fraction of sp³-hybridized carbons (Fsp3) is 0.158. The summed E-state index contributed by atoms with van der Waals surface area (Å²) in [6.45, 7) is 2.68. The number of fused-ring (bicyclic) bond motifs is 2. The van der Waals surface area contributed by atoms with Gasteiger partial charge < -0.3 is 19.4 Å². The predicted octanol–water partition coefficient (Wildman–Crippen LogP) is 3.76. The van der Waals surface area contributed by atoms with E-state index in [2.05, 4.69) is 21.2 Å². The van der Waals surface area contributed by atoms with Gasteiger partial charge in [0.05, 0.1) is 10.9 Å². The number of ether oxygens (including phenoxy) is 2. The van der Waals surface area contributed by atoms with Crippen LogP contribution in [0.1, 0.15) is 17.3 Å². The molecule has 26 heavy (non-hydrogen) atoms. The molecular weight excluding hydrogens is 400 g/mol. The fourth-order valence-electron chi connectivity index (χ4n) is 2.97. The number of halogens is 1. The third-order valence-electron chi connectivity index (χ3n) is 4.24. The lowest BCUT2D eigenvalue weighted by Crippen LogP contribution is -2.23. The van der Waals surface area contributed by atoms with E-state index in [9.17, 15) is 9.59 Å². The molecule has 2 aromatic carbocycles. The van der Waals surface area contributed by atoms with E-state index in [1.54, 1.807) is 30.5 Å². The van der Waals surface area contributed by atoms with E-state index in [0.29, 0.717) is 34.6 Å². The largest absolute Gasteiger partial charge is 0.454 e. The summed E-state index contributed by atoms with van der Waals surface area (Å²) in [7, 11) is 0. The van der Waals surface area contributed by atoms with Crippen molar-refractivity contribution >= 4 is 38.4 Å². The first-order chi connectivity index (χ1) is 12.6. The van der Waals surface area contributed by atoms with Crippen LogP contribution in [0.3, 0.4) is 0 Å². The molecule has 1 aromatic heterocycles. The molecule has 0 saturated heterocycles. The van der Waals surface area contributed by atoms with Gasteiger partial charge in [0.25, 0.3) is 5.91 Å². The van der Waals surface area contributed by atoms with Crippen LogP contribution in [-0.4, -0.2) is 17.3 Å². The molecule has 0 saturated carbocycles. The zero-order valence-corrected chi connectivity index (χ0v) is 15.5. The molecule has 4 rings (SSSR count). The van der Waals surface area contributed by atoms with Gasteiger partial charge in [-0.15, -0.1) is 0 Å². The molecule has 0 fully saturated rings. The average Bonchev–Trinajstić information content (AvgIpc) is 3.08. The standard InChI is InChI=1S/C19H15BrN2O4/c1-2-22-9-14(19(24)21-12-5-3-4-11(20)6-12)18(23)13-7-16-17(8-15(13)22)26-10-25-16/h3-9H,2,10H2,1H3,(H,21,24). The molecule has 2 heterocycles. The van der Waals surface area contributed by atoms with Crippen LogP contribution in [-0.2, 0) is 6.54 Å². The van der Waals surface area contributed by atoms with Gasteiger partial charge in [-0.1, -0.05) is 22.0 Å². The first kappa shape index (κ1) is 16.7. The van der Waals surface area contributed by atoms with E-state index in [0.717, 1.165) is 4.47 Å². The Kier molecular flexibility index (Phi) is 4.16. The molecule has 3 aromatic rings. The monoisotopic (exact) mass is 414 g/mol. The Labute approximate surface area is 157 Å². The summed E-state index contributed by atoms with van der Waals surface area (Å²) in [5, 5.41) is 3.20. The normalized spacial score (nSPS) is 12.4. The Morgan fingerprint density at radius 2 is 2.00 bits per heavy atom. The predicted molar refractivity (Wildman–Crippen MR) is 102 cm³/mol. The van der Waals surface area contributed by atoms with Crippen molar-refractivity contribution in [3.63, 3.8) is 0 Å². The summed E-state index contributed by atoms with van der Waals surface area (Å²) in [4.78, 5) is 25.6. The van der Waals surface area contributed by atoms with Gasteiger partial charge in [0, 0.05) is 29.0 Å². The lowest BCUT2D eigenvalue weighted by atomic mass is 10.1. The number of aryl methyl sites for hydroxylation is 1. The third kappa shape index (κ3) is 2.84. The van der Waals surface area contributed by atoms with Crippen molar-refractivity contribution < 1.29 is 14.3 Å². The lowest BCUT2D eigenvalue weighted by molar-refractivity contribution is 0.102. The summed E-state index contributed by atoms with van der Waals surface area (Å²) < 4.78 is 13.5. The molecule has 0 bridgehead atoms. The molecule has 0 radical (unpaired) electrons. The van der Waals surface area contributed by atoms with E-state index >= 15 is 0 Å². The number of carbonyl (C=O) groups excluding carboxylic acids is 1. The molecule has 0 unspecified atom stereocenters. The summed E-state index contributed by atoms with van der Waals surface area (Å²) in [6, 6.07) is 10.6. The summed E-state index contributed by atoms with van der Waals surface area (Å²) in [5.74, 6) is 0.669. The second-order valence-electron chi connectivity index (χ2n) is 5.85. The maximum atomic E-state index is 12.9. The van der Waals surface area contributed by atoms with E-state index in [-0.39, 0.29) is 17.8 Å². The van der Waals surface area contributed by atoms with Gasteiger partial charge in [-0.3, -0.25) is 9.59 Å². The first-order valence-corrected chi connectivity index (χ1v) is 8.90. The van der Waals surface area contributed by atoms with Gasteiger partial charge in [0.15, 0.2) is 11.5 Å². The zero-order valence-electron chi connectivity index (χ0n) is 13.9. The SMILES string of the molecule is CCn1cc(C(=O)Nc2cccc(Br)c2)c(=O)c2cc3c(cc21)OCO3. The Morgan fingerprint density at radius 3 is 2.73 bits per heavy atom. The van der Waals surface area contributed by atoms with E-state index in [1.165, 1.54) is 0 Å². The van der Waals surface area contributed by atoms with Crippen molar-refractivity contribution in [1.29, 1.82) is 0 Å². The van der Waals surface area contributed by atoms with Crippen molar-refractivity contribution in [2.45, 2.75) is 13.5 Å². The second kappa shape index (κ2) is 6.49. The number of rotatable bonds is 3. The number of carbonyl (C=O) groups is 1. The zero-order chi connectivity index (χ0) is 18.3. The van der Waals surface area contributed by atoms with Gasteiger partial charge in [-0.2, -0.15) is 0 Å². The number of benzene rings is 2. The molecule has 0 spiro atoms. The topological polar surface area (TPSA) is 69.6 Å². The van der Waals surface area contributed by atoms with Gasteiger partial charge in [0.1, 0.15) is 5.56 Å². The number of nitrogens with one attached hydrogen (secondary N) is 1. The Morgan fingerprint density at radius 1 is 1.23 bits per heavy atom. The van der Waals surface area contributed by atoms with Crippen LogP contribution in [0.25, 0.3) is 10.9 Å². The average molecular weight is 415 g/mol. The van der Waals surface area contributed by atoms with E-state index < -0.39 is 5.91 Å². The molecule has 132 valence electrons. The Bertz CT molecular complexity index is 1090. The molecule has 0 aliphatic carbocycles. The Hall–Kier alpha value is -2.80. The lowest BCUT2D eigenvalue weighted by Gasteiger charge is -2.12. The summed E-state index contributed by atoms with van der Waals surface area (Å²) >= 11 is 3.36. The number of amides is 1. The number of hydrogen-bond donors (Lipinski definition) is 1. The quantitative estimate of drug-likeness (QED) is 0.707. The first-order valence-electron chi connectivity index (χ1n) is 8.10. The molecule has 1 aliphatic rings. The van der Waals surface area contributed by atoms with Crippen molar-refractivity contribution in [2.75, 3.05) is 12.1 Å². The van der Waals surface area contributed by atoms with Gasteiger partial charge in [-0.05, 0) is 31.2 Å². The maximum Gasteiger partial charge on any atom is 0.261 e. The van der Waals surface area contributed by atoms with Crippen LogP contribution in [0.15, 0.2) is 51.9 Å². The third-order valence-corrected chi connectivity index (χ3v) is 4.74. The van der Waals surface area contributed by atoms with Crippen LogP contribution in [0, 0.1) is 0 Å². The van der Waals surface area contributed by atoms with Crippen LogP contribution in [0.5, 0.6) is 11.5 Å². The molecule has 1 amide bonds. The highest BCUT2D eigenvalue weighted by atomic mass is 79.9. The van der Waals surface area contributed by atoms with Crippen LogP contribution >= 0.6 is 15.9 Å². The molecule has 1 aliphatic heterocycles. The smallest absolute Gasteiger partial charge is 0.261 e. The molecule has 1 N–H and O–H groups in total. The highest BCUT2D eigenvalue weighted by Crippen LogP contribution is 2.35. The Balaban J connectivity index is 1.82. The highest BCUT2D eigenvalue weighted by Gasteiger charge is 2.20. The maximum absolute atomic E-state index is 12.9. The van der Waals surface area contributed by atoms with Gasteiger partial charge >= 0.3 is 0 Å². The van der Waals surface area contributed by atoms with Gasteiger partial charge in [-0.25, -0.2) is 0 Å². The number of nitrogens with zero attached hydrogens (tertiary/aromatic N) is 1. The molecule has 6 nitrogen and oxygen atoms in total. The van der Waals surface area contributed by atoms with E-state index in [1.807, 2.05) is 23.6 Å². The van der Waals surface area contributed by atoms with Crippen LogP contribution in [0.2, 0.25) is 0 Å². The minimum absolute atomic E-state index is 0.0817. The van der Waals surface area contributed by atoms with Crippen molar-refractivity contribution in [3.05, 3.63) is 62.9 Å². The number of hydrogen-bond acceptors (Lipinski definition) is 4. The number of anilines is 1. The minimum Gasteiger partial charge on any atom is -0.454 e. The minimum atomic E-state index is -0.449. The van der Waals surface area contributed by atoms with E-state index in [4.69, 9.17) is 9.47 Å². The number of pyridine rings is 1. The molecule has 0 atom stereocenters.